The summed E-state index contributed by atoms with van der Waals surface area (Å²) in [6.45, 7) is 0.0724. The second-order valence-electron chi connectivity index (χ2n) is 5.50. The van der Waals surface area contributed by atoms with Crippen LogP contribution in [0, 0.1) is 11.6 Å². The van der Waals surface area contributed by atoms with Gasteiger partial charge in [0.1, 0.15) is 11.6 Å². The molecule has 0 saturated carbocycles. The molecule has 0 amide bonds. The van der Waals surface area contributed by atoms with Gasteiger partial charge in [-0.3, -0.25) is 0 Å². The number of halogens is 2. The van der Waals surface area contributed by atoms with Gasteiger partial charge in [-0.15, -0.1) is 0 Å². The smallest absolute Gasteiger partial charge is 0.177 e. The first-order chi connectivity index (χ1) is 11.8. The maximum atomic E-state index is 13.6. The number of anilines is 1. The Labute approximate surface area is 143 Å². The van der Waals surface area contributed by atoms with Crippen molar-refractivity contribution in [3.8, 4) is 5.69 Å². The van der Waals surface area contributed by atoms with Crippen LogP contribution in [-0.2, 0) is 16.4 Å². The number of nitrogens with one attached hydrogen (secondary N) is 1. The Morgan fingerprint density at radius 3 is 2.68 bits per heavy atom. The molecule has 3 aromatic rings. The minimum absolute atomic E-state index is 0.0724. The minimum atomic E-state index is -3.41. The molecule has 0 spiro atoms. The molecule has 0 aliphatic heterocycles. The van der Waals surface area contributed by atoms with Gasteiger partial charge < -0.3 is 5.32 Å². The van der Waals surface area contributed by atoms with Crippen LogP contribution in [0.15, 0.2) is 59.8 Å². The van der Waals surface area contributed by atoms with E-state index < -0.39 is 21.5 Å². The van der Waals surface area contributed by atoms with E-state index in [-0.39, 0.29) is 17.0 Å². The van der Waals surface area contributed by atoms with Crippen LogP contribution in [0.4, 0.5) is 14.5 Å². The summed E-state index contributed by atoms with van der Waals surface area (Å²) in [4.78, 5) is 0.154. The van der Waals surface area contributed by atoms with Crippen molar-refractivity contribution in [2.45, 2.75) is 11.4 Å². The van der Waals surface area contributed by atoms with Gasteiger partial charge in [-0.05, 0) is 30.3 Å². The van der Waals surface area contributed by atoms with Gasteiger partial charge in [0, 0.05) is 18.4 Å². The lowest BCUT2D eigenvalue weighted by Gasteiger charge is -2.07. The molecule has 3 rings (SSSR count). The molecule has 0 saturated heterocycles. The third-order valence-electron chi connectivity index (χ3n) is 3.58. The SMILES string of the molecule is CS(=O)(=O)c1ccccc1-n1cc(NCc2cc(F)ccc2F)cn1. The van der Waals surface area contributed by atoms with Crippen LogP contribution in [-0.4, -0.2) is 24.5 Å². The average molecular weight is 363 g/mol. The third kappa shape index (κ3) is 3.85. The van der Waals surface area contributed by atoms with Crippen LogP contribution in [0.25, 0.3) is 5.69 Å². The largest absolute Gasteiger partial charge is 0.378 e. The van der Waals surface area contributed by atoms with Gasteiger partial charge in [0.25, 0.3) is 0 Å². The first kappa shape index (κ1) is 17.1. The Bertz CT molecular complexity index is 1020. The average Bonchev–Trinajstić information content (AvgIpc) is 3.04. The summed E-state index contributed by atoms with van der Waals surface area (Å²) in [5.74, 6) is -1.03. The summed E-state index contributed by atoms with van der Waals surface area (Å²) in [7, 11) is -3.41. The lowest BCUT2D eigenvalue weighted by Crippen LogP contribution is -2.05. The predicted octanol–water partition coefficient (Wildman–Crippen LogP) is 3.17. The van der Waals surface area contributed by atoms with Gasteiger partial charge in [0.15, 0.2) is 9.84 Å². The molecule has 5 nitrogen and oxygen atoms in total. The first-order valence-corrected chi connectivity index (χ1v) is 9.25. The minimum Gasteiger partial charge on any atom is -0.378 e. The summed E-state index contributed by atoms with van der Waals surface area (Å²) in [5, 5.41) is 7.07. The quantitative estimate of drug-likeness (QED) is 0.756. The van der Waals surface area contributed by atoms with Crippen LogP contribution in [0.2, 0.25) is 0 Å². The highest BCUT2D eigenvalue weighted by Gasteiger charge is 2.14. The van der Waals surface area contributed by atoms with Crippen LogP contribution in [0.3, 0.4) is 0 Å². The molecule has 1 heterocycles. The van der Waals surface area contributed by atoms with Gasteiger partial charge in [0.05, 0.1) is 28.7 Å². The Morgan fingerprint density at radius 2 is 1.92 bits per heavy atom. The topological polar surface area (TPSA) is 64.0 Å². The van der Waals surface area contributed by atoms with Gasteiger partial charge in [-0.25, -0.2) is 21.9 Å². The van der Waals surface area contributed by atoms with E-state index in [2.05, 4.69) is 10.4 Å². The van der Waals surface area contributed by atoms with Crippen molar-refractivity contribution in [3.05, 3.63) is 72.1 Å². The molecule has 130 valence electrons. The zero-order valence-corrected chi connectivity index (χ0v) is 14.1. The molecule has 0 aliphatic rings. The molecule has 0 radical (unpaired) electrons. The van der Waals surface area contributed by atoms with E-state index >= 15 is 0 Å². The van der Waals surface area contributed by atoms with Gasteiger partial charge in [-0.1, -0.05) is 12.1 Å². The Hall–Kier alpha value is -2.74. The normalized spacial score (nSPS) is 11.5. The van der Waals surface area contributed by atoms with Crippen molar-refractivity contribution < 1.29 is 17.2 Å². The van der Waals surface area contributed by atoms with E-state index in [4.69, 9.17) is 0 Å². The highest BCUT2D eigenvalue weighted by atomic mass is 32.2. The zero-order valence-electron chi connectivity index (χ0n) is 13.3. The number of aromatic nitrogens is 2. The lowest BCUT2D eigenvalue weighted by atomic mass is 10.2. The Kier molecular flexibility index (Phi) is 4.54. The van der Waals surface area contributed by atoms with E-state index in [0.29, 0.717) is 11.4 Å². The Balaban J connectivity index is 1.83. The molecule has 0 aliphatic carbocycles. The summed E-state index contributed by atoms with van der Waals surface area (Å²) in [6.07, 6.45) is 4.19. The summed E-state index contributed by atoms with van der Waals surface area (Å²) < 4.78 is 52.0. The number of hydrogen-bond acceptors (Lipinski definition) is 4. The fourth-order valence-electron chi connectivity index (χ4n) is 2.38. The van der Waals surface area contributed by atoms with Crippen molar-refractivity contribution in [3.63, 3.8) is 0 Å². The van der Waals surface area contributed by atoms with Gasteiger partial charge in [-0.2, -0.15) is 5.10 Å². The molecular weight excluding hydrogens is 348 g/mol. The monoisotopic (exact) mass is 363 g/mol. The second kappa shape index (κ2) is 6.64. The number of rotatable bonds is 5. The van der Waals surface area contributed by atoms with E-state index in [9.17, 15) is 17.2 Å². The number of benzene rings is 2. The van der Waals surface area contributed by atoms with E-state index in [0.717, 1.165) is 24.5 Å². The lowest BCUT2D eigenvalue weighted by molar-refractivity contribution is 0.587. The van der Waals surface area contributed by atoms with E-state index in [1.54, 1.807) is 24.4 Å². The number of nitrogens with zero attached hydrogens (tertiary/aromatic N) is 2. The van der Waals surface area contributed by atoms with Gasteiger partial charge >= 0.3 is 0 Å². The molecule has 2 aromatic carbocycles. The first-order valence-electron chi connectivity index (χ1n) is 7.36. The molecule has 25 heavy (non-hydrogen) atoms. The van der Waals surface area contributed by atoms with E-state index in [1.807, 2.05) is 0 Å². The molecule has 0 fully saturated rings. The number of sulfone groups is 1. The highest BCUT2D eigenvalue weighted by molar-refractivity contribution is 7.90. The van der Waals surface area contributed by atoms with Crippen LogP contribution < -0.4 is 5.32 Å². The second-order valence-corrected chi connectivity index (χ2v) is 7.49. The van der Waals surface area contributed by atoms with Crippen LogP contribution in [0.1, 0.15) is 5.56 Å². The molecule has 0 atom stereocenters. The van der Waals surface area contributed by atoms with Crippen LogP contribution >= 0.6 is 0 Å². The third-order valence-corrected chi connectivity index (χ3v) is 4.73. The maximum Gasteiger partial charge on any atom is 0.177 e. The van der Waals surface area contributed by atoms with Gasteiger partial charge in [0.2, 0.25) is 0 Å². The molecule has 0 bridgehead atoms. The maximum absolute atomic E-state index is 13.6. The summed E-state index contributed by atoms with van der Waals surface area (Å²) in [6, 6.07) is 9.72. The summed E-state index contributed by atoms with van der Waals surface area (Å²) >= 11 is 0. The molecule has 1 N–H and O–H groups in total. The Morgan fingerprint density at radius 1 is 1.16 bits per heavy atom. The summed E-state index contributed by atoms with van der Waals surface area (Å²) in [5.41, 5.74) is 1.14. The zero-order chi connectivity index (χ0) is 18.0. The van der Waals surface area contributed by atoms with Crippen molar-refractivity contribution >= 4 is 15.5 Å². The molecule has 1 aromatic heterocycles. The molecule has 0 unspecified atom stereocenters. The van der Waals surface area contributed by atoms with Crippen molar-refractivity contribution in [2.75, 3.05) is 11.6 Å². The predicted molar refractivity (Wildman–Crippen MR) is 90.4 cm³/mol. The van der Waals surface area contributed by atoms with Crippen LogP contribution in [0.5, 0.6) is 0 Å². The van der Waals surface area contributed by atoms with Crippen molar-refractivity contribution in [1.29, 1.82) is 0 Å². The molecular formula is C17H15F2N3O2S. The standard InChI is InChI=1S/C17H15F2N3O2S/c1-25(23,24)17-5-3-2-4-16(17)22-11-14(10-21-22)20-9-12-8-13(18)6-7-15(12)19/h2-8,10-11,20H,9H2,1H3. The number of para-hydroxylation sites is 1. The fraction of sp³-hybridized carbons (Fsp3) is 0.118. The van der Waals surface area contributed by atoms with Crippen molar-refractivity contribution in [1.82, 2.24) is 9.78 Å². The fourth-order valence-corrected chi connectivity index (χ4v) is 3.25. The van der Waals surface area contributed by atoms with Crippen molar-refractivity contribution in [2.24, 2.45) is 0 Å². The van der Waals surface area contributed by atoms with E-state index in [1.165, 1.54) is 16.9 Å². The number of hydrogen-bond donors (Lipinski definition) is 1. The highest BCUT2D eigenvalue weighted by Crippen LogP contribution is 2.21. The molecule has 8 heteroatoms.